The van der Waals surface area contributed by atoms with Gasteiger partial charge in [-0.15, -0.1) is 0 Å². The van der Waals surface area contributed by atoms with Gasteiger partial charge in [0.05, 0.1) is 5.03 Å². The molecule has 5 nitrogen and oxygen atoms in total. The third-order valence-corrected chi connectivity index (χ3v) is 2.38. The van der Waals surface area contributed by atoms with Crippen LogP contribution in [0.25, 0.3) is 5.03 Å². The molecule has 1 aromatic heterocycles. The summed E-state index contributed by atoms with van der Waals surface area (Å²) in [6.07, 6.45) is -2.90. The van der Waals surface area contributed by atoms with Crippen molar-refractivity contribution in [1.82, 2.24) is 14.5 Å². The summed E-state index contributed by atoms with van der Waals surface area (Å²) in [6, 6.07) is 0. The van der Waals surface area contributed by atoms with Gasteiger partial charge in [-0.1, -0.05) is 11.6 Å². The molecule has 1 aliphatic heterocycles. The summed E-state index contributed by atoms with van der Waals surface area (Å²) in [5, 5.41) is 8.41. The fourth-order valence-electron chi connectivity index (χ4n) is 1.37. The smallest absolute Gasteiger partial charge is 0.476 e. The number of carbonyl (C=O) groups is 1. The number of imidazole rings is 1. The van der Waals surface area contributed by atoms with Crippen LogP contribution in [0.3, 0.4) is 0 Å². The highest BCUT2D eigenvalue weighted by Crippen LogP contribution is 2.31. The minimum atomic E-state index is -4.58. The number of fused-ring (bicyclic) bond motifs is 1. The molecule has 0 fully saturated rings. The molecule has 17 heavy (non-hydrogen) atoms. The van der Waals surface area contributed by atoms with Crippen molar-refractivity contribution >= 4 is 22.6 Å². The Labute approximate surface area is 97.7 Å². The maximum absolute atomic E-state index is 12.4. The second-order valence-corrected chi connectivity index (χ2v) is 3.69. The number of nitrogens with zero attached hydrogens (tertiary/aromatic N) is 3. The lowest BCUT2D eigenvalue weighted by molar-refractivity contribution is -0.237. The largest absolute Gasteiger partial charge is 0.485 e. The lowest BCUT2D eigenvalue weighted by atomic mass is 10.4. The number of halogens is 4. The number of aromatic nitrogens is 2. The second kappa shape index (κ2) is 3.66. The van der Waals surface area contributed by atoms with Crippen molar-refractivity contribution in [3.05, 3.63) is 23.9 Å². The molecule has 1 aromatic rings. The van der Waals surface area contributed by atoms with Crippen LogP contribution >= 0.6 is 11.6 Å². The van der Waals surface area contributed by atoms with Crippen molar-refractivity contribution in [2.24, 2.45) is 0 Å². The zero-order chi connectivity index (χ0) is 12.8. The SMILES string of the molecule is O=C(O)c1cn2c(n1)C(Cl)=CN(C(F)(F)F)C2. The van der Waals surface area contributed by atoms with E-state index < -0.39 is 18.9 Å². The zero-order valence-electron chi connectivity index (χ0n) is 8.07. The van der Waals surface area contributed by atoms with E-state index >= 15 is 0 Å². The standard InChI is InChI=1S/C8H5ClF3N3O2/c9-4-1-15(8(10,11)12)3-14-2-5(7(16)17)13-6(4)14/h1-2H,3H2,(H,16,17). The summed E-state index contributed by atoms with van der Waals surface area (Å²) in [5.74, 6) is -1.32. The Bertz CT molecular complexity index is 509. The normalized spacial score (nSPS) is 15.5. The van der Waals surface area contributed by atoms with E-state index in [2.05, 4.69) is 4.98 Å². The fourth-order valence-corrected chi connectivity index (χ4v) is 1.64. The van der Waals surface area contributed by atoms with E-state index in [0.717, 1.165) is 10.8 Å². The van der Waals surface area contributed by atoms with Gasteiger partial charge in [0.2, 0.25) is 0 Å². The van der Waals surface area contributed by atoms with E-state index in [0.29, 0.717) is 6.20 Å². The minimum Gasteiger partial charge on any atom is -0.476 e. The quantitative estimate of drug-likeness (QED) is 0.790. The molecular weight excluding hydrogens is 263 g/mol. The van der Waals surface area contributed by atoms with Crippen LogP contribution in [0.2, 0.25) is 0 Å². The maximum Gasteiger partial charge on any atom is 0.485 e. The highest BCUT2D eigenvalue weighted by molar-refractivity contribution is 6.48. The first kappa shape index (κ1) is 11.8. The molecular formula is C8H5ClF3N3O2. The van der Waals surface area contributed by atoms with Gasteiger partial charge in [-0.05, 0) is 0 Å². The van der Waals surface area contributed by atoms with E-state index in [4.69, 9.17) is 16.7 Å². The molecule has 0 amide bonds. The van der Waals surface area contributed by atoms with Gasteiger partial charge in [-0.25, -0.2) is 9.78 Å². The van der Waals surface area contributed by atoms with Gasteiger partial charge in [-0.2, -0.15) is 13.2 Å². The maximum atomic E-state index is 12.4. The molecule has 1 aliphatic rings. The van der Waals surface area contributed by atoms with Crippen molar-refractivity contribution in [3.8, 4) is 0 Å². The van der Waals surface area contributed by atoms with Crippen LogP contribution in [0.5, 0.6) is 0 Å². The number of rotatable bonds is 1. The number of aromatic carboxylic acids is 1. The Morgan fingerprint density at radius 2 is 2.18 bits per heavy atom. The molecule has 0 saturated heterocycles. The molecule has 9 heteroatoms. The number of alkyl halides is 3. The average Bonchev–Trinajstić information content (AvgIpc) is 2.60. The van der Waals surface area contributed by atoms with Crippen molar-refractivity contribution < 1.29 is 23.1 Å². The van der Waals surface area contributed by atoms with Crippen molar-refractivity contribution in [3.63, 3.8) is 0 Å². The number of carboxylic acid groups (broad SMARTS) is 1. The van der Waals surface area contributed by atoms with Crippen LogP contribution in [-0.2, 0) is 6.67 Å². The van der Waals surface area contributed by atoms with Gasteiger partial charge in [0.15, 0.2) is 11.5 Å². The van der Waals surface area contributed by atoms with Crippen LogP contribution in [-0.4, -0.2) is 31.8 Å². The molecule has 92 valence electrons. The Morgan fingerprint density at radius 3 is 2.71 bits per heavy atom. The third-order valence-electron chi connectivity index (χ3n) is 2.11. The van der Waals surface area contributed by atoms with Crippen LogP contribution in [0.15, 0.2) is 12.4 Å². The summed E-state index contributed by atoms with van der Waals surface area (Å²) in [5.41, 5.74) is -0.351. The van der Waals surface area contributed by atoms with E-state index in [1.807, 2.05) is 0 Å². The first-order valence-corrected chi connectivity index (χ1v) is 4.68. The Morgan fingerprint density at radius 1 is 1.53 bits per heavy atom. The monoisotopic (exact) mass is 267 g/mol. The number of carboxylic acids is 1. The van der Waals surface area contributed by atoms with E-state index in [-0.39, 0.29) is 21.5 Å². The highest BCUT2D eigenvalue weighted by Gasteiger charge is 2.38. The third kappa shape index (κ3) is 2.07. The molecule has 2 rings (SSSR count). The molecule has 0 aliphatic carbocycles. The van der Waals surface area contributed by atoms with Gasteiger partial charge in [0.1, 0.15) is 6.67 Å². The molecule has 0 bridgehead atoms. The van der Waals surface area contributed by atoms with Crippen LogP contribution in [0.1, 0.15) is 16.3 Å². The van der Waals surface area contributed by atoms with Crippen LogP contribution in [0.4, 0.5) is 13.2 Å². The van der Waals surface area contributed by atoms with E-state index in [1.54, 1.807) is 0 Å². The van der Waals surface area contributed by atoms with Gasteiger partial charge in [0.25, 0.3) is 0 Å². The average molecular weight is 268 g/mol. The zero-order valence-corrected chi connectivity index (χ0v) is 8.83. The number of hydrogen-bond donors (Lipinski definition) is 1. The molecule has 0 atom stereocenters. The van der Waals surface area contributed by atoms with E-state index in [9.17, 15) is 18.0 Å². The molecule has 2 heterocycles. The lowest BCUT2D eigenvalue weighted by Gasteiger charge is -2.27. The molecule has 0 saturated carbocycles. The first-order valence-electron chi connectivity index (χ1n) is 4.30. The van der Waals surface area contributed by atoms with Crippen LogP contribution < -0.4 is 0 Å². The van der Waals surface area contributed by atoms with Gasteiger partial charge in [-0.3, -0.25) is 4.90 Å². The summed E-state index contributed by atoms with van der Waals surface area (Å²) in [7, 11) is 0. The van der Waals surface area contributed by atoms with E-state index in [1.165, 1.54) is 0 Å². The fraction of sp³-hybridized carbons (Fsp3) is 0.250. The van der Waals surface area contributed by atoms with Crippen molar-refractivity contribution in [2.45, 2.75) is 13.0 Å². The van der Waals surface area contributed by atoms with Crippen molar-refractivity contribution in [1.29, 1.82) is 0 Å². The molecule has 0 unspecified atom stereocenters. The Hall–Kier alpha value is -1.70. The Balaban J connectivity index is 2.41. The van der Waals surface area contributed by atoms with Crippen molar-refractivity contribution in [2.75, 3.05) is 0 Å². The summed E-state index contributed by atoms with van der Waals surface area (Å²) < 4.78 is 38.4. The highest BCUT2D eigenvalue weighted by atomic mass is 35.5. The summed E-state index contributed by atoms with van der Waals surface area (Å²) in [4.78, 5) is 14.3. The molecule has 0 spiro atoms. The second-order valence-electron chi connectivity index (χ2n) is 3.28. The molecule has 0 aromatic carbocycles. The summed E-state index contributed by atoms with van der Waals surface area (Å²) in [6.45, 7) is -0.574. The predicted molar refractivity (Wildman–Crippen MR) is 50.9 cm³/mol. The topological polar surface area (TPSA) is 58.4 Å². The first-order chi connectivity index (χ1) is 7.79. The molecule has 0 radical (unpaired) electrons. The lowest BCUT2D eigenvalue weighted by Crippen LogP contribution is -2.37. The summed E-state index contributed by atoms with van der Waals surface area (Å²) >= 11 is 5.61. The van der Waals surface area contributed by atoms with Gasteiger partial charge >= 0.3 is 12.3 Å². The number of hydrogen-bond acceptors (Lipinski definition) is 3. The van der Waals surface area contributed by atoms with Crippen LogP contribution in [0, 0.1) is 0 Å². The van der Waals surface area contributed by atoms with Gasteiger partial charge < -0.3 is 9.67 Å². The Kier molecular flexibility index (Phi) is 2.53. The van der Waals surface area contributed by atoms with Gasteiger partial charge in [0, 0.05) is 12.4 Å². The molecule has 1 N–H and O–H groups in total. The minimum absolute atomic E-state index is 0.00423. The predicted octanol–water partition coefficient (Wildman–Crippen LogP) is 1.91.